The molecule has 3 N–H and O–H groups in total. The van der Waals surface area contributed by atoms with E-state index >= 15 is 0 Å². The first kappa shape index (κ1) is 12.3. The van der Waals surface area contributed by atoms with Gasteiger partial charge in [-0.1, -0.05) is 23.7 Å². The zero-order valence-electron chi connectivity index (χ0n) is 9.43. The molecule has 0 aliphatic rings. The Hall–Kier alpha value is -2.14. The van der Waals surface area contributed by atoms with Crippen molar-refractivity contribution in [2.45, 2.75) is 6.54 Å². The molecule has 0 spiro atoms. The van der Waals surface area contributed by atoms with Gasteiger partial charge in [0.05, 0.1) is 12.4 Å². The van der Waals surface area contributed by atoms with Gasteiger partial charge in [0.25, 0.3) is 5.91 Å². The molecule has 1 heterocycles. The minimum Gasteiger partial charge on any atom is -0.382 e. The van der Waals surface area contributed by atoms with Crippen molar-refractivity contribution in [1.82, 2.24) is 15.3 Å². The predicted molar refractivity (Wildman–Crippen MR) is 69.1 cm³/mol. The second-order valence-corrected chi connectivity index (χ2v) is 4.07. The van der Waals surface area contributed by atoms with Gasteiger partial charge in [-0.2, -0.15) is 0 Å². The lowest BCUT2D eigenvalue weighted by Crippen LogP contribution is -2.24. The molecule has 92 valence electrons. The number of carbonyl (C=O) groups excluding carboxylic acids is 1. The van der Waals surface area contributed by atoms with Crippen LogP contribution in [0.2, 0.25) is 5.02 Å². The number of rotatable bonds is 3. The summed E-state index contributed by atoms with van der Waals surface area (Å²) < 4.78 is 0. The van der Waals surface area contributed by atoms with Crippen LogP contribution in [0.3, 0.4) is 0 Å². The Morgan fingerprint density at radius 1 is 1.28 bits per heavy atom. The number of nitrogens with zero attached hydrogens (tertiary/aromatic N) is 2. The Kier molecular flexibility index (Phi) is 3.74. The lowest BCUT2D eigenvalue weighted by molar-refractivity contribution is 0.0945. The summed E-state index contributed by atoms with van der Waals surface area (Å²) >= 11 is 5.77. The highest BCUT2D eigenvalue weighted by Gasteiger charge is 2.07. The van der Waals surface area contributed by atoms with Gasteiger partial charge in [-0.25, -0.2) is 4.98 Å². The van der Waals surface area contributed by atoms with Crippen LogP contribution < -0.4 is 11.1 Å². The van der Waals surface area contributed by atoms with E-state index < -0.39 is 0 Å². The highest BCUT2D eigenvalue weighted by Crippen LogP contribution is 2.09. The quantitative estimate of drug-likeness (QED) is 0.881. The fraction of sp³-hybridized carbons (Fsp3) is 0.0833. The molecule has 0 saturated heterocycles. The van der Waals surface area contributed by atoms with Gasteiger partial charge in [0.2, 0.25) is 0 Å². The van der Waals surface area contributed by atoms with Gasteiger partial charge in [-0.05, 0) is 17.7 Å². The molecular formula is C12H11ClN4O. The van der Waals surface area contributed by atoms with E-state index in [1.165, 1.54) is 12.4 Å². The van der Waals surface area contributed by atoms with Crippen LogP contribution in [0.25, 0.3) is 0 Å². The van der Waals surface area contributed by atoms with Gasteiger partial charge >= 0.3 is 0 Å². The molecule has 2 aromatic rings. The Labute approximate surface area is 109 Å². The minimum atomic E-state index is -0.315. The standard InChI is InChI=1S/C12H11ClN4O/c13-9-3-1-8(2-4-9)5-16-12(18)10-6-15-7-11(14)17-10/h1-4,6-7H,5H2,(H2,14,17)(H,16,18). The molecule has 0 fully saturated rings. The first-order valence-corrected chi connectivity index (χ1v) is 5.63. The van der Waals surface area contributed by atoms with Crippen LogP contribution in [0.1, 0.15) is 16.1 Å². The second-order valence-electron chi connectivity index (χ2n) is 3.64. The molecule has 6 heteroatoms. The Morgan fingerprint density at radius 3 is 2.67 bits per heavy atom. The van der Waals surface area contributed by atoms with Crippen LogP contribution in [-0.4, -0.2) is 15.9 Å². The summed E-state index contributed by atoms with van der Waals surface area (Å²) in [7, 11) is 0. The average Bonchev–Trinajstić information content (AvgIpc) is 2.38. The summed E-state index contributed by atoms with van der Waals surface area (Å²) in [6, 6.07) is 7.22. The average molecular weight is 263 g/mol. The van der Waals surface area contributed by atoms with Crippen LogP contribution >= 0.6 is 11.6 Å². The zero-order chi connectivity index (χ0) is 13.0. The van der Waals surface area contributed by atoms with Crippen molar-refractivity contribution in [2.24, 2.45) is 0 Å². The van der Waals surface area contributed by atoms with E-state index in [0.717, 1.165) is 5.56 Å². The number of halogens is 1. The van der Waals surface area contributed by atoms with Crippen molar-refractivity contribution >= 4 is 23.3 Å². The van der Waals surface area contributed by atoms with Crippen molar-refractivity contribution < 1.29 is 4.79 Å². The molecule has 1 aromatic carbocycles. The molecule has 18 heavy (non-hydrogen) atoms. The maximum absolute atomic E-state index is 11.7. The highest BCUT2D eigenvalue weighted by molar-refractivity contribution is 6.30. The molecule has 5 nitrogen and oxygen atoms in total. The fourth-order valence-electron chi connectivity index (χ4n) is 1.37. The lowest BCUT2D eigenvalue weighted by atomic mass is 10.2. The third-order valence-electron chi connectivity index (χ3n) is 2.25. The number of hydrogen-bond acceptors (Lipinski definition) is 4. The Morgan fingerprint density at radius 2 is 2.00 bits per heavy atom. The Balaban J connectivity index is 1.98. The third-order valence-corrected chi connectivity index (χ3v) is 2.50. The number of carbonyl (C=O) groups is 1. The summed E-state index contributed by atoms with van der Waals surface area (Å²) in [4.78, 5) is 19.4. The first-order valence-electron chi connectivity index (χ1n) is 5.25. The van der Waals surface area contributed by atoms with Crippen molar-refractivity contribution in [3.63, 3.8) is 0 Å². The van der Waals surface area contributed by atoms with Gasteiger partial charge in [-0.3, -0.25) is 9.78 Å². The second kappa shape index (κ2) is 5.46. The summed E-state index contributed by atoms with van der Waals surface area (Å²) in [5, 5.41) is 3.38. The van der Waals surface area contributed by atoms with Crippen LogP contribution in [0, 0.1) is 0 Å². The van der Waals surface area contributed by atoms with E-state index in [0.29, 0.717) is 11.6 Å². The van der Waals surface area contributed by atoms with Gasteiger partial charge in [-0.15, -0.1) is 0 Å². The molecular weight excluding hydrogens is 252 g/mol. The van der Waals surface area contributed by atoms with E-state index in [1.54, 1.807) is 12.1 Å². The van der Waals surface area contributed by atoms with Crippen LogP contribution in [0.4, 0.5) is 5.82 Å². The lowest BCUT2D eigenvalue weighted by Gasteiger charge is -2.05. The maximum Gasteiger partial charge on any atom is 0.271 e. The maximum atomic E-state index is 11.7. The van der Waals surface area contributed by atoms with E-state index in [4.69, 9.17) is 17.3 Å². The minimum absolute atomic E-state index is 0.198. The summed E-state index contributed by atoms with van der Waals surface area (Å²) in [6.45, 7) is 0.395. The number of aromatic nitrogens is 2. The number of nitrogen functional groups attached to an aromatic ring is 1. The smallest absolute Gasteiger partial charge is 0.271 e. The normalized spacial score (nSPS) is 10.1. The molecule has 0 saturated carbocycles. The highest BCUT2D eigenvalue weighted by atomic mass is 35.5. The number of amides is 1. The van der Waals surface area contributed by atoms with Gasteiger partial charge in [0.1, 0.15) is 11.5 Å². The topological polar surface area (TPSA) is 80.9 Å². The zero-order valence-corrected chi connectivity index (χ0v) is 10.2. The largest absolute Gasteiger partial charge is 0.382 e. The molecule has 2 rings (SSSR count). The van der Waals surface area contributed by atoms with Crippen molar-refractivity contribution in [2.75, 3.05) is 5.73 Å². The van der Waals surface area contributed by atoms with Crippen LogP contribution in [0.15, 0.2) is 36.7 Å². The van der Waals surface area contributed by atoms with Gasteiger partial charge in [0.15, 0.2) is 0 Å². The Bertz CT molecular complexity index is 556. The molecule has 0 unspecified atom stereocenters. The molecule has 0 radical (unpaired) electrons. The summed E-state index contributed by atoms with van der Waals surface area (Å²) in [5.74, 6) is -0.0982. The number of nitrogens with one attached hydrogen (secondary N) is 1. The molecule has 0 bridgehead atoms. The number of anilines is 1. The van der Waals surface area contributed by atoms with E-state index in [2.05, 4.69) is 15.3 Å². The van der Waals surface area contributed by atoms with Crippen molar-refractivity contribution in [3.8, 4) is 0 Å². The first-order chi connectivity index (χ1) is 8.65. The molecule has 0 atom stereocenters. The molecule has 0 aliphatic carbocycles. The van der Waals surface area contributed by atoms with E-state index in [9.17, 15) is 4.79 Å². The summed E-state index contributed by atoms with van der Waals surface area (Å²) in [5.41, 5.74) is 6.60. The van der Waals surface area contributed by atoms with Gasteiger partial charge in [0, 0.05) is 11.6 Å². The number of benzene rings is 1. The van der Waals surface area contributed by atoms with E-state index in [-0.39, 0.29) is 17.4 Å². The SMILES string of the molecule is Nc1cncc(C(=O)NCc2ccc(Cl)cc2)n1. The third kappa shape index (κ3) is 3.18. The molecule has 0 aliphatic heterocycles. The monoisotopic (exact) mass is 262 g/mol. The van der Waals surface area contributed by atoms with Crippen molar-refractivity contribution in [3.05, 3.63) is 52.9 Å². The molecule has 1 aromatic heterocycles. The van der Waals surface area contributed by atoms with Crippen LogP contribution in [-0.2, 0) is 6.54 Å². The number of nitrogens with two attached hydrogens (primary N) is 1. The summed E-state index contributed by atoms with van der Waals surface area (Å²) in [6.07, 6.45) is 2.75. The van der Waals surface area contributed by atoms with Crippen molar-refractivity contribution in [1.29, 1.82) is 0 Å². The fourth-order valence-corrected chi connectivity index (χ4v) is 1.49. The number of hydrogen-bond donors (Lipinski definition) is 2. The van der Waals surface area contributed by atoms with E-state index in [1.807, 2.05) is 12.1 Å². The predicted octanol–water partition coefficient (Wildman–Crippen LogP) is 1.64. The van der Waals surface area contributed by atoms with Gasteiger partial charge < -0.3 is 11.1 Å². The molecule has 1 amide bonds. The van der Waals surface area contributed by atoms with Crippen LogP contribution in [0.5, 0.6) is 0 Å².